The molecule has 0 spiro atoms. The van der Waals surface area contributed by atoms with Crippen molar-refractivity contribution in [3.63, 3.8) is 0 Å². The highest BCUT2D eigenvalue weighted by molar-refractivity contribution is 6.02. The number of carboxylic acid groups (broad SMARTS) is 1. The van der Waals surface area contributed by atoms with Crippen LogP contribution in [-0.2, 0) is 6.54 Å². The summed E-state index contributed by atoms with van der Waals surface area (Å²) < 4.78 is 5.11. The Bertz CT molecular complexity index is 559. The van der Waals surface area contributed by atoms with Gasteiger partial charge in [0.15, 0.2) is 11.4 Å². The van der Waals surface area contributed by atoms with Crippen molar-refractivity contribution in [1.29, 1.82) is 0 Å². The van der Waals surface area contributed by atoms with Crippen LogP contribution < -0.4 is 0 Å². The van der Waals surface area contributed by atoms with Crippen LogP contribution in [0.1, 0.15) is 26.7 Å². The average Bonchev–Trinajstić information content (AvgIpc) is 2.97. The second-order valence-electron chi connectivity index (χ2n) is 3.67. The van der Waals surface area contributed by atoms with Crippen molar-refractivity contribution in [3.8, 4) is 0 Å². The van der Waals surface area contributed by atoms with Crippen LogP contribution in [0.5, 0.6) is 0 Å². The maximum atomic E-state index is 12.0. The Kier molecular flexibility index (Phi) is 3.13. The maximum absolute atomic E-state index is 12.0. The molecule has 18 heavy (non-hydrogen) atoms. The van der Waals surface area contributed by atoms with E-state index in [-0.39, 0.29) is 17.9 Å². The number of hydrogen-bond acceptors (Lipinski definition) is 4. The lowest BCUT2D eigenvalue weighted by molar-refractivity contribution is 0.0672. The number of carbonyl (C=O) groups excluding carboxylic acids is 1. The van der Waals surface area contributed by atoms with E-state index in [1.807, 2.05) is 0 Å². The minimum absolute atomic E-state index is 0.114. The van der Waals surface area contributed by atoms with Gasteiger partial charge in [0.2, 0.25) is 0 Å². The first kappa shape index (κ1) is 11.9. The van der Waals surface area contributed by atoms with Gasteiger partial charge in [-0.1, -0.05) is 0 Å². The van der Waals surface area contributed by atoms with Gasteiger partial charge < -0.3 is 19.4 Å². The molecule has 2 N–H and O–H groups in total. The molecule has 0 saturated carbocycles. The Morgan fingerprint density at radius 2 is 2.33 bits per heavy atom. The average molecular weight is 249 g/mol. The van der Waals surface area contributed by atoms with E-state index in [1.165, 1.54) is 17.5 Å². The molecular formula is C11H11N3O4. The molecule has 0 aliphatic heterocycles. The summed E-state index contributed by atoms with van der Waals surface area (Å²) in [6.45, 7) is 0.248. The van der Waals surface area contributed by atoms with Crippen LogP contribution in [0, 0.1) is 0 Å². The number of H-pyrrole nitrogens is 1. The first-order chi connectivity index (χ1) is 8.59. The molecule has 0 unspecified atom stereocenters. The molecule has 2 aromatic heterocycles. The first-order valence-electron chi connectivity index (χ1n) is 5.14. The number of nitrogens with one attached hydrogen (secondary N) is 1. The minimum atomic E-state index is -1.22. The van der Waals surface area contributed by atoms with Gasteiger partial charge in [-0.05, 0) is 12.1 Å². The van der Waals surface area contributed by atoms with Crippen molar-refractivity contribution in [1.82, 2.24) is 14.9 Å². The molecule has 1 amide bonds. The Morgan fingerprint density at radius 3 is 2.94 bits per heavy atom. The number of furan rings is 1. The fourth-order valence-electron chi connectivity index (χ4n) is 1.51. The summed E-state index contributed by atoms with van der Waals surface area (Å²) in [6.07, 6.45) is 2.68. The second kappa shape index (κ2) is 4.74. The van der Waals surface area contributed by atoms with E-state index in [2.05, 4.69) is 9.97 Å². The number of carboxylic acids is 1. The van der Waals surface area contributed by atoms with Gasteiger partial charge in [-0.15, -0.1) is 0 Å². The van der Waals surface area contributed by atoms with Crippen molar-refractivity contribution >= 4 is 11.9 Å². The zero-order chi connectivity index (χ0) is 13.1. The number of amides is 1. The van der Waals surface area contributed by atoms with E-state index in [0.29, 0.717) is 5.76 Å². The third-order valence-electron chi connectivity index (χ3n) is 2.38. The van der Waals surface area contributed by atoms with Gasteiger partial charge in [0.1, 0.15) is 5.76 Å². The molecule has 2 aromatic rings. The van der Waals surface area contributed by atoms with E-state index in [1.54, 1.807) is 19.2 Å². The number of hydrogen-bond donors (Lipinski definition) is 2. The van der Waals surface area contributed by atoms with Gasteiger partial charge >= 0.3 is 5.97 Å². The number of rotatable bonds is 4. The van der Waals surface area contributed by atoms with Gasteiger partial charge in [0, 0.05) is 7.05 Å². The fraction of sp³-hybridized carbons (Fsp3) is 0.182. The standard InChI is InChI=1S/C11H11N3O4/c1-14(5-7-3-2-4-18-7)10(15)8-9(11(16)17)13-6-12-8/h2-4,6H,5H2,1H3,(H,12,13)(H,16,17). The van der Waals surface area contributed by atoms with Crippen LogP contribution in [0.2, 0.25) is 0 Å². The molecule has 0 aliphatic carbocycles. The van der Waals surface area contributed by atoms with E-state index in [0.717, 1.165) is 0 Å². The summed E-state index contributed by atoms with van der Waals surface area (Å²) in [5, 5.41) is 8.88. The smallest absolute Gasteiger partial charge is 0.354 e. The number of imidazole rings is 1. The molecule has 0 fully saturated rings. The highest BCUT2D eigenvalue weighted by Gasteiger charge is 2.23. The summed E-state index contributed by atoms with van der Waals surface area (Å²) in [5.74, 6) is -1.09. The van der Waals surface area contributed by atoms with Crippen molar-refractivity contribution in [2.24, 2.45) is 0 Å². The van der Waals surface area contributed by atoms with E-state index in [9.17, 15) is 9.59 Å². The summed E-state index contributed by atoms with van der Waals surface area (Å²) >= 11 is 0. The molecule has 7 nitrogen and oxygen atoms in total. The molecule has 0 radical (unpaired) electrons. The fourth-order valence-corrected chi connectivity index (χ4v) is 1.51. The van der Waals surface area contributed by atoms with Crippen LogP contribution in [0.4, 0.5) is 0 Å². The van der Waals surface area contributed by atoms with E-state index < -0.39 is 11.9 Å². The summed E-state index contributed by atoms with van der Waals surface area (Å²) in [7, 11) is 1.55. The molecular weight excluding hydrogens is 238 g/mol. The zero-order valence-electron chi connectivity index (χ0n) is 9.58. The number of aromatic nitrogens is 2. The largest absolute Gasteiger partial charge is 0.477 e. The highest BCUT2D eigenvalue weighted by atomic mass is 16.4. The number of nitrogens with zero attached hydrogens (tertiary/aromatic N) is 2. The van der Waals surface area contributed by atoms with E-state index in [4.69, 9.17) is 9.52 Å². The Balaban J connectivity index is 2.15. The molecule has 0 aromatic carbocycles. The van der Waals surface area contributed by atoms with Crippen LogP contribution >= 0.6 is 0 Å². The van der Waals surface area contributed by atoms with E-state index >= 15 is 0 Å². The zero-order valence-corrected chi connectivity index (χ0v) is 9.58. The molecule has 94 valence electrons. The van der Waals surface area contributed by atoms with Gasteiger partial charge in [0.05, 0.1) is 19.1 Å². The topological polar surface area (TPSA) is 99.4 Å². The van der Waals surface area contributed by atoms with Gasteiger partial charge in [-0.2, -0.15) is 0 Å². The molecule has 2 heterocycles. The van der Waals surface area contributed by atoms with Crippen molar-refractivity contribution in [3.05, 3.63) is 41.9 Å². The van der Waals surface area contributed by atoms with Crippen molar-refractivity contribution in [2.75, 3.05) is 7.05 Å². The highest BCUT2D eigenvalue weighted by Crippen LogP contribution is 2.10. The van der Waals surface area contributed by atoms with Crippen molar-refractivity contribution in [2.45, 2.75) is 6.54 Å². The number of aromatic amines is 1. The predicted octanol–water partition coefficient (Wildman–Crippen LogP) is 0.973. The number of aromatic carboxylic acids is 1. The third-order valence-corrected chi connectivity index (χ3v) is 2.38. The van der Waals surface area contributed by atoms with Crippen molar-refractivity contribution < 1.29 is 19.1 Å². The third kappa shape index (κ3) is 2.24. The van der Waals surface area contributed by atoms with Crippen LogP contribution in [0.15, 0.2) is 29.1 Å². The predicted molar refractivity (Wildman–Crippen MR) is 60.1 cm³/mol. The Hall–Kier alpha value is -2.57. The first-order valence-corrected chi connectivity index (χ1v) is 5.14. The second-order valence-corrected chi connectivity index (χ2v) is 3.67. The van der Waals surface area contributed by atoms with Crippen LogP contribution in [0.25, 0.3) is 0 Å². The molecule has 0 saturated heterocycles. The SMILES string of the molecule is CN(Cc1ccco1)C(=O)c1nc[nH]c1C(=O)O. The molecule has 0 bridgehead atoms. The Labute approximate surface area is 102 Å². The quantitative estimate of drug-likeness (QED) is 0.841. The minimum Gasteiger partial charge on any atom is -0.477 e. The normalized spacial score (nSPS) is 10.3. The van der Waals surface area contributed by atoms with Gasteiger partial charge in [0.25, 0.3) is 5.91 Å². The van der Waals surface area contributed by atoms with Crippen LogP contribution in [0.3, 0.4) is 0 Å². The molecule has 0 atom stereocenters. The molecule has 0 aliphatic rings. The summed E-state index contributed by atoms with van der Waals surface area (Å²) in [6, 6.07) is 3.44. The molecule has 7 heteroatoms. The Morgan fingerprint density at radius 1 is 1.56 bits per heavy atom. The summed E-state index contributed by atoms with van der Waals surface area (Å²) in [5.41, 5.74) is -0.331. The van der Waals surface area contributed by atoms with Gasteiger partial charge in [-0.3, -0.25) is 4.79 Å². The molecule has 2 rings (SSSR count). The van der Waals surface area contributed by atoms with Crippen LogP contribution in [-0.4, -0.2) is 38.9 Å². The lowest BCUT2D eigenvalue weighted by atomic mass is 10.3. The lowest BCUT2D eigenvalue weighted by Gasteiger charge is -2.14. The number of carbonyl (C=O) groups is 2. The lowest BCUT2D eigenvalue weighted by Crippen LogP contribution is -2.27. The van der Waals surface area contributed by atoms with Gasteiger partial charge in [-0.25, -0.2) is 9.78 Å². The summed E-state index contributed by atoms with van der Waals surface area (Å²) in [4.78, 5) is 30.3. The maximum Gasteiger partial charge on any atom is 0.354 e. The monoisotopic (exact) mass is 249 g/mol.